The molecule has 0 unspecified atom stereocenters. The van der Waals surface area contributed by atoms with Gasteiger partial charge in [0.15, 0.2) is 0 Å². The predicted octanol–water partition coefficient (Wildman–Crippen LogP) is 2.02. The summed E-state index contributed by atoms with van der Waals surface area (Å²) in [5, 5.41) is 0.907. The molecule has 2 aromatic heterocycles. The maximum absolute atomic E-state index is 12.4. The third-order valence-corrected chi connectivity index (χ3v) is 3.79. The molecule has 0 aliphatic carbocycles. The van der Waals surface area contributed by atoms with Gasteiger partial charge in [-0.05, 0) is 31.0 Å². The molecule has 6 nitrogen and oxygen atoms in total. The topological polar surface area (TPSA) is 72.7 Å². The van der Waals surface area contributed by atoms with Crippen molar-refractivity contribution in [2.75, 3.05) is 0 Å². The lowest BCUT2D eigenvalue weighted by Gasteiger charge is -2.07. The number of hydrogen-bond donors (Lipinski definition) is 1. The van der Waals surface area contributed by atoms with Crippen molar-refractivity contribution in [3.05, 3.63) is 62.8 Å². The van der Waals surface area contributed by atoms with Crippen molar-refractivity contribution in [3.8, 4) is 0 Å². The number of nitrogens with zero attached hydrogens (tertiary/aromatic N) is 3. The Balaban J connectivity index is 1.78. The number of fused-ring (bicyclic) bond motifs is 1. The first kappa shape index (κ1) is 14.6. The SMILES string of the molecule is O=c1[nH]c2ccc(Cl)cc2c(=O)n1CCCCn1ccnc1. The Morgan fingerprint density at radius 1 is 1.18 bits per heavy atom. The summed E-state index contributed by atoms with van der Waals surface area (Å²) in [4.78, 5) is 31.1. The summed E-state index contributed by atoms with van der Waals surface area (Å²) >= 11 is 5.92. The van der Waals surface area contributed by atoms with Gasteiger partial charge in [0.1, 0.15) is 0 Å². The molecule has 0 amide bonds. The fourth-order valence-corrected chi connectivity index (χ4v) is 2.58. The lowest BCUT2D eigenvalue weighted by atomic mass is 10.2. The zero-order valence-corrected chi connectivity index (χ0v) is 12.6. The molecular formula is C15H15ClN4O2. The van der Waals surface area contributed by atoms with Gasteiger partial charge < -0.3 is 9.55 Å². The van der Waals surface area contributed by atoms with E-state index in [4.69, 9.17) is 11.6 Å². The largest absolute Gasteiger partial charge is 0.337 e. The van der Waals surface area contributed by atoms with Gasteiger partial charge in [0.05, 0.1) is 17.2 Å². The van der Waals surface area contributed by atoms with Crippen LogP contribution in [0.15, 0.2) is 46.5 Å². The van der Waals surface area contributed by atoms with Crippen LogP contribution >= 0.6 is 11.6 Å². The van der Waals surface area contributed by atoms with Gasteiger partial charge in [-0.1, -0.05) is 11.6 Å². The van der Waals surface area contributed by atoms with E-state index in [0.29, 0.717) is 22.5 Å². The smallest absolute Gasteiger partial charge is 0.328 e. The van der Waals surface area contributed by atoms with E-state index < -0.39 is 0 Å². The van der Waals surface area contributed by atoms with E-state index in [1.807, 2.05) is 10.8 Å². The van der Waals surface area contributed by atoms with Crippen LogP contribution in [0.3, 0.4) is 0 Å². The minimum atomic E-state index is -0.387. The van der Waals surface area contributed by atoms with Crippen molar-refractivity contribution in [1.82, 2.24) is 19.1 Å². The first-order chi connectivity index (χ1) is 10.6. The number of imidazole rings is 1. The highest BCUT2D eigenvalue weighted by Gasteiger charge is 2.07. The fourth-order valence-electron chi connectivity index (χ4n) is 2.41. The Morgan fingerprint density at radius 2 is 2.00 bits per heavy atom. The Kier molecular flexibility index (Phi) is 4.11. The van der Waals surface area contributed by atoms with Gasteiger partial charge in [0, 0.05) is 30.5 Å². The van der Waals surface area contributed by atoms with Crippen molar-refractivity contribution < 1.29 is 0 Å². The number of aromatic amines is 1. The van der Waals surface area contributed by atoms with Crippen molar-refractivity contribution in [3.63, 3.8) is 0 Å². The maximum atomic E-state index is 12.4. The molecule has 0 saturated heterocycles. The average molecular weight is 319 g/mol. The van der Waals surface area contributed by atoms with E-state index in [-0.39, 0.29) is 11.2 Å². The van der Waals surface area contributed by atoms with Crippen molar-refractivity contribution in [2.24, 2.45) is 0 Å². The second-order valence-electron chi connectivity index (χ2n) is 5.08. The van der Waals surface area contributed by atoms with Gasteiger partial charge in [0.2, 0.25) is 0 Å². The number of aryl methyl sites for hydroxylation is 1. The van der Waals surface area contributed by atoms with Gasteiger partial charge >= 0.3 is 5.69 Å². The monoisotopic (exact) mass is 318 g/mol. The summed E-state index contributed by atoms with van der Waals surface area (Å²) in [5.74, 6) is 0. The third kappa shape index (κ3) is 2.96. The van der Waals surface area contributed by atoms with Gasteiger partial charge in [-0.2, -0.15) is 0 Å². The minimum Gasteiger partial charge on any atom is -0.337 e. The molecule has 0 bridgehead atoms. The Labute approximate surface area is 131 Å². The quantitative estimate of drug-likeness (QED) is 0.731. The number of nitrogens with one attached hydrogen (secondary N) is 1. The number of rotatable bonds is 5. The van der Waals surface area contributed by atoms with Crippen LogP contribution in [0.2, 0.25) is 5.02 Å². The standard InChI is InChI=1S/C15H15ClN4O2/c16-11-3-4-13-12(9-11)14(21)20(15(22)18-13)7-2-1-6-19-8-5-17-10-19/h3-5,8-10H,1-2,6-7H2,(H,18,22). The van der Waals surface area contributed by atoms with Crippen LogP contribution in [0.25, 0.3) is 10.9 Å². The number of unbranched alkanes of at least 4 members (excludes halogenated alkanes) is 1. The number of aromatic nitrogens is 4. The predicted molar refractivity (Wildman–Crippen MR) is 85.3 cm³/mol. The zero-order chi connectivity index (χ0) is 15.5. The van der Waals surface area contributed by atoms with Crippen molar-refractivity contribution in [2.45, 2.75) is 25.9 Å². The van der Waals surface area contributed by atoms with E-state index in [2.05, 4.69) is 9.97 Å². The molecule has 0 fully saturated rings. The summed E-state index contributed by atoms with van der Waals surface area (Å²) in [6.45, 7) is 1.19. The van der Waals surface area contributed by atoms with Gasteiger partial charge in [-0.3, -0.25) is 9.36 Å². The number of halogens is 1. The van der Waals surface area contributed by atoms with E-state index in [1.165, 1.54) is 4.57 Å². The number of H-pyrrole nitrogens is 1. The van der Waals surface area contributed by atoms with Crippen LogP contribution in [-0.2, 0) is 13.1 Å². The molecule has 3 rings (SSSR count). The lowest BCUT2D eigenvalue weighted by molar-refractivity contribution is 0.532. The van der Waals surface area contributed by atoms with Crippen LogP contribution in [-0.4, -0.2) is 19.1 Å². The summed E-state index contributed by atoms with van der Waals surface area (Å²) in [6, 6.07) is 4.87. The number of hydrogen-bond acceptors (Lipinski definition) is 3. The van der Waals surface area contributed by atoms with Crippen LogP contribution < -0.4 is 11.2 Å². The highest BCUT2D eigenvalue weighted by molar-refractivity contribution is 6.31. The molecule has 0 radical (unpaired) electrons. The van der Waals surface area contributed by atoms with Crippen LogP contribution in [0, 0.1) is 0 Å². The van der Waals surface area contributed by atoms with Gasteiger partial charge in [0.25, 0.3) is 5.56 Å². The maximum Gasteiger partial charge on any atom is 0.328 e. The number of benzene rings is 1. The highest BCUT2D eigenvalue weighted by atomic mass is 35.5. The Hall–Kier alpha value is -2.34. The second-order valence-corrected chi connectivity index (χ2v) is 5.52. The lowest BCUT2D eigenvalue weighted by Crippen LogP contribution is -2.35. The summed E-state index contributed by atoms with van der Waals surface area (Å²) < 4.78 is 3.19. The van der Waals surface area contributed by atoms with Crippen LogP contribution in [0.1, 0.15) is 12.8 Å². The molecule has 0 spiro atoms. The highest BCUT2D eigenvalue weighted by Crippen LogP contribution is 2.13. The first-order valence-corrected chi connectivity index (χ1v) is 7.41. The minimum absolute atomic E-state index is 0.302. The normalized spacial score (nSPS) is 11.1. The molecule has 1 N–H and O–H groups in total. The summed E-state index contributed by atoms with van der Waals surface area (Å²) in [5.41, 5.74) is -0.180. The average Bonchev–Trinajstić information content (AvgIpc) is 3.00. The fraction of sp³-hybridized carbons (Fsp3) is 0.267. The zero-order valence-electron chi connectivity index (χ0n) is 11.8. The Morgan fingerprint density at radius 3 is 2.77 bits per heavy atom. The molecule has 7 heteroatoms. The van der Waals surface area contributed by atoms with E-state index >= 15 is 0 Å². The van der Waals surface area contributed by atoms with Crippen LogP contribution in [0.4, 0.5) is 0 Å². The van der Waals surface area contributed by atoms with Crippen LogP contribution in [0.5, 0.6) is 0 Å². The second kappa shape index (κ2) is 6.19. The van der Waals surface area contributed by atoms with Gasteiger partial charge in [-0.15, -0.1) is 0 Å². The molecule has 2 heterocycles. The molecule has 1 aromatic carbocycles. The molecule has 0 saturated carbocycles. The van der Waals surface area contributed by atoms with Crippen molar-refractivity contribution in [1.29, 1.82) is 0 Å². The summed E-state index contributed by atoms with van der Waals surface area (Å²) in [7, 11) is 0. The molecule has 3 aromatic rings. The third-order valence-electron chi connectivity index (χ3n) is 3.55. The van der Waals surface area contributed by atoms with E-state index in [9.17, 15) is 9.59 Å². The molecule has 0 aliphatic heterocycles. The Bertz CT molecular complexity index is 896. The first-order valence-electron chi connectivity index (χ1n) is 7.03. The molecule has 114 valence electrons. The van der Waals surface area contributed by atoms with Crippen molar-refractivity contribution >= 4 is 22.5 Å². The summed E-state index contributed by atoms with van der Waals surface area (Å²) in [6.07, 6.45) is 6.94. The molecular weight excluding hydrogens is 304 g/mol. The van der Waals surface area contributed by atoms with E-state index in [0.717, 1.165) is 19.4 Å². The van der Waals surface area contributed by atoms with E-state index in [1.54, 1.807) is 30.7 Å². The molecule has 22 heavy (non-hydrogen) atoms. The van der Waals surface area contributed by atoms with Gasteiger partial charge in [-0.25, -0.2) is 9.78 Å². The molecule has 0 atom stereocenters. The molecule has 0 aliphatic rings.